The Hall–Kier alpha value is -3.14. The van der Waals surface area contributed by atoms with Crippen molar-refractivity contribution in [3.8, 4) is 0 Å². The van der Waals surface area contributed by atoms with Gasteiger partial charge < -0.3 is 9.80 Å². The Morgan fingerprint density at radius 2 is 1.90 bits per heavy atom. The number of quaternary nitrogens is 1. The molecule has 0 bridgehead atoms. The predicted molar refractivity (Wildman–Crippen MR) is 101 cm³/mol. The minimum Gasteiger partial charge on any atom is -0.360 e. The van der Waals surface area contributed by atoms with Crippen LogP contribution in [0.4, 0.5) is 24.5 Å². The van der Waals surface area contributed by atoms with Crippen LogP contribution in [-0.4, -0.2) is 40.9 Å². The van der Waals surface area contributed by atoms with Crippen molar-refractivity contribution in [2.45, 2.75) is 12.8 Å². The number of fused-ring (bicyclic) bond motifs is 1. The number of aromatic nitrogens is 2. The molecule has 0 unspecified atom stereocenters. The second-order valence-electron chi connectivity index (χ2n) is 7.09. The maximum atomic E-state index is 12.9. The van der Waals surface area contributed by atoms with Gasteiger partial charge in [0.1, 0.15) is 0 Å². The molecule has 1 aromatic heterocycles. The van der Waals surface area contributed by atoms with Crippen molar-refractivity contribution < 1.29 is 23.0 Å². The number of anilines is 1. The zero-order chi connectivity index (χ0) is 20.6. The predicted octanol–water partition coefficient (Wildman–Crippen LogP) is 2.33. The van der Waals surface area contributed by atoms with Crippen molar-refractivity contribution in [1.29, 1.82) is 0 Å². The highest BCUT2D eigenvalue weighted by molar-refractivity contribution is 5.80. The Morgan fingerprint density at radius 3 is 2.59 bits per heavy atom. The second-order valence-corrected chi connectivity index (χ2v) is 7.09. The first-order valence-electron chi connectivity index (χ1n) is 9.17. The van der Waals surface area contributed by atoms with Crippen LogP contribution >= 0.6 is 0 Å². The highest BCUT2D eigenvalue weighted by Gasteiger charge is 2.31. The lowest BCUT2D eigenvalue weighted by atomic mass is 10.1. The molecule has 3 aromatic rings. The first-order valence-corrected chi connectivity index (χ1v) is 9.17. The molecule has 1 saturated heterocycles. The molecular weight excluding hydrogens is 387 g/mol. The van der Waals surface area contributed by atoms with E-state index < -0.39 is 16.7 Å². The summed E-state index contributed by atoms with van der Waals surface area (Å²) in [6.45, 7) is 3.24. The van der Waals surface area contributed by atoms with E-state index in [1.54, 1.807) is 23.0 Å². The topological polar surface area (TPSA) is 68.6 Å². The summed E-state index contributed by atoms with van der Waals surface area (Å²) in [5, 5.41) is 16.2. The SMILES string of the molecule is O=[N+]([O-])c1ccc2cnn(C[NH+]3CCN(c4cccc(C(F)(F)F)c4)CC3)c2c1. The number of nitro benzene ring substituents is 1. The van der Waals surface area contributed by atoms with Gasteiger partial charge in [0.05, 0.1) is 48.4 Å². The van der Waals surface area contributed by atoms with Crippen LogP contribution in [0.3, 0.4) is 0 Å². The molecule has 2 aromatic carbocycles. The van der Waals surface area contributed by atoms with Gasteiger partial charge in [0.15, 0.2) is 6.67 Å². The second kappa shape index (κ2) is 7.36. The Balaban J connectivity index is 1.44. The monoisotopic (exact) mass is 406 g/mol. The van der Waals surface area contributed by atoms with Gasteiger partial charge in [0, 0.05) is 23.2 Å². The van der Waals surface area contributed by atoms with Crippen LogP contribution in [0, 0.1) is 10.1 Å². The van der Waals surface area contributed by atoms with Crippen LogP contribution in [0.15, 0.2) is 48.7 Å². The van der Waals surface area contributed by atoms with Gasteiger partial charge in [-0.2, -0.15) is 18.3 Å². The quantitative estimate of drug-likeness (QED) is 0.534. The van der Waals surface area contributed by atoms with Crippen LogP contribution in [-0.2, 0) is 12.8 Å². The lowest BCUT2D eigenvalue weighted by Gasteiger charge is -2.33. The Labute approximate surface area is 164 Å². The molecule has 0 amide bonds. The van der Waals surface area contributed by atoms with E-state index in [9.17, 15) is 23.3 Å². The zero-order valence-electron chi connectivity index (χ0n) is 15.4. The summed E-state index contributed by atoms with van der Waals surface area (Å²) >= 11 is 0. The summed E-state index contributed by atoms with van der Waals surface area (Å²) in [4.78, 5) is 13.7. The average Bonchev–Trinajstić information content (AvgIpc) is 3.10. The highest BCUT2D eigenvalue weighted by Crippen LogP contribution is 2.31. The molecule has 1 fully saturated rings. The summed E-state index contributed by atoms with van der Waals surface area (Å²) in [7, 11) is 0. The smallest absolute Gasteiger partial charge is 0.360 e. The van der Waals surface area contributed by atoms with Crippen molar-refractivity contribution >= 4 is 22.3 Å². The summed E-state index contributed by atoms with van der Waals surface area (Å²) < 4.78 is 40.6. The summed E-state index contributed by atoms with van der Waals surface area (Å²) in [6.07, 6.45) is -2.68. The molecule has 0 saturated carbocycles. The molecular formula is C19H19F3N5O2+. The number of non-ortho nitro benzene ring substituents is 1. The summed E-state index contributed by atoms with van der Waals surface area (Å²) in [5.41, 5.74) is 0.643. The minimum absolute atomic E-state index is 0.0172. The molecule has 1 aliphatic heterocycles. The molecule has 0 aliphatic carbocycles. The molecule has 1 aliphatic rings. The highest BCUT2D eigenvalue weighted by atomic mass is 19.4. The van der Waals surface area contributed by atoms with Gasteiger partial charge in [-0.1, -0.05) is 6.07 Å². The molecule has 10 heteroatoms. The van der Waals surface area contributed by atoms with E-state index in [4.69, 9.17) is 0 Å². The number of hydrogen-bond donors (Lipinski definition) is 1. The van der Waals surface area contributed by atoms with Gasteiger partial charge in [0.2, 0.25) is 0 Å². The number of halogens is 3. The Kier molecular flexibility index (Phi) is 4.87. The Bertz CT molecular complexity index is 1040. The van der Waals surface area contributed by atoms with Crippen LogP contribution in [0.25, 0.3) is 10.9 Å². The van der Waals surface area contributed by atoms with Crippen molar-refractivity contribution in [2.24, 2.45) is 0 Å². The van der Waals surface area contributed by atoms with Gasteiger partial charge in [0.25, 0.3) is 5.69 Å². The fourth-order valence-corrected chi connectivity index (χ4v) is 3.63. The molecule has 4 rings (SSSR count). The number of nitro groups is 1. The lowest BCUT2D eigenvalue weighted by molar-refractivity contribution is -0.923. The maximum Gasteiger partial charge on any atom is 0.416 e. The summed E-state index contributed by atoms with van der Waals surface area (Å²) in [6, 6.07) is 10.0. The van der Waals surface area contributed by atoms with E-state index in [0.717, 1.165) is 24.5 Å². The molecule has 2 heterocycles. The van der Waals surface area contributed by atoms with Gasteiger partial charge in [-0.05, 0) is 24.3 Å². The normalized spacial score (nSPS) is 15.8. The summed E-state index contributed by atoms with van der Waals surface area (Å²) in [5.74, 6) is 0. The molecule has 0 spiro atoms. The van der Waals surface area contributed by atoms with Crippen LogP contribution < -0.4 is 9.80 Å². The lowest BCUT2D eigenvalue weighted by Crippen LogP contribution is -3.14. The van der Waals surface area contributed by atoms with Crippen molar-refractivity contribution in [2.75, 3.05) is 31.1 Å². The number of benzene rings is 2. The molecule has 0 radical (unpaired) electrons. The van der Waals surface area contributed by atoms with E-state index in [1.807, 2.05) is 4.90 Å². The van der Waals surface area contributed by atoms with E-state index in [1.165, 1.54) is 29.2 Å². The Morgan fingerprint density at radius 1 is 1.14 bits per heavy atom. The minimum atomic E-state index is -4.35. The molecule has 1 N–H and O–H groups in total. The largest absolute Gasteiger partial charge is 0.416 e. The van der Waals surface area contributed by atoms with Crippen LogP contribution in [0.2, 0.25) is 0 Å². The average molecular weight is 406 g/mol. The standard InChI is InChI=1S/C19H18F3N5O2/c20-19(21,22)15-2-1-3-16(10-15)25-8-6-24(7-9-25)13-26-18-11-17(27(28)29)5-4-14(18)12-23-26/h1-5,10-12H,6-9,13H2/p+1. The first kappa shape index (κ1) is 19.2. The van der Waals surface area contributed by atoms with Crippen LogP contribution in [0.1, 0.15) is 5.56 Å². The number of hydrogen-bond acceptors (Lipinski definition) is 4. The third kappa shape index (κ3) is 4.02. The van der Waals surface area contributed by atoms with E-state index in [-0.39, 0.29) is 5.69 Å². The number of nitrogens with zero attached hydrogens (tertiary/aromatic N) is 4. The molecule has 7 nitrogen and oxygen atoms in total. The fraction of sp³-hybridized carbons (Fsp3) is 0.316. The van der Waals surface area contributed by atoms with Crippen molar-refractivity contribution in [1.82, 2.24) is 9.78 Å². The molecule has 0 atom stereocenters. The molecule has 29 heavy (non-hydrogen) atoms. The number of piperazine rings is 1. The zero-order valence-corrected chi connectivity index (χ0v) is 15.4. The first-order chi connectivity index (χ1) is 13.8. The van der Waals surface area contributed by atoms with E-state index in [2.05, 4.69) is 5.10 Å². The fourth-order valence-electron chi connectivity index (χ4n) is 3.63. The van der Waals surface area contributed by atoms with E-state index >= 15 is 0 Å². The third-order valence-electron chi connectivity index (χ3n) is 5.22. The van der Waals surface area contributed by atoms with Crippen molar-refractivity contribution in [3.05, 3.63) is 64.3 Å². The number of nitrogens with one attached hydrogen (secondary N) is 1. The van der Waals surface area contributed by atoms with Crippen molar-refractivity contribution in [3.63, 3.8) is 0 Å². The number of rotatable bonds is 4. The van der Waals surface area contributed by atoms with Gasteiger partial charge >= 0.3 is 6.18 Å². The van der Waals surface area contributed by atoms with E-state index in [0.29, 0.717) is 31.0 Å². The van der Waals surface area contributed by atoms with Gasteiger partial charge in [-0.3, -0.25) is 10.1 Å². The third-order valence-corrected chi connectivity index (χ3v) is 5.22. The molecule has 152 valence electrons. The van der Waals surface area contributed by atoms with Gasteiger partial charge in [-0.15, -0.1) is 0 Å². The number of alkyl halides is 3. The van der Waals surface area contributed by atoms with Gasteiger partial charge in [-0.25, -0.2) is 4.68 Å². The maximum absolute atomic E-state index is 12.9. The van der Waals surface area contributed by atoms with Crippen LogP contribution in [0.5, 0.6) is 0 Å².